The number of rotatable bonds is 59. The van der Waals surface area contributed by atoms with Crippen LogP contribution in [0, 0.1) is 0 Å². The zero-order valence-corrected chi connectivity index (χ0v) is 48.5. The molecule has 0 aliphatic carbocycles. The number of ether oxygens (including phenoxy) is 3. The standard InChI is InChI=1S/C66H122O6/c1-4-7-10-13-16-19-22-24-26-27-28-29-30-31-32-33-34-35-36-37-38-39-41-42-44-47-50-53-56-59-65(68)71-62-63(61-70-64(67)58-55-52-49-46-21-18-15-12-9-6-3)72-66(69)60-57-54-51-48-45-43-40-25-23-20-17-14-11-8-5-2/h22,24-25,27-28,40,63H,4-21,23,26,29-39,41-62H2,1-3H3/b24-22-,28-27-,40-25-. The first kappa shape index (κ1) is 69.6. The molecule has 0 saturated heterocycles. The van der Waals surface area contributed by atoms with Crippen LogP contribution < -0.4 is 0 Å². The lowest BCUT2D eigenvalue weighted by atomic mass is 10.0. The monoisotopic (exact) mass is 1010 g/mol. The van der Waals surface area contributed by atoms with Crippen molar-refractivity contribution in [2.45, 2.75) is 354 Å². The van der Waals surface area contributed by atoms with Crippen molar-refractivity contribution in [3.8, 4) is 0 Å². The van der Waals surface area contributed by atoms with Gasteiger partial charge in [0, 0.05) is 19.3 Å². The number of unbranched alkanes of at least 4 members (excludes halogenated alkanes) is 42. The number of carbonyl (C=O) groups is 3. The van der Waals surface area contributed by atoms with E-state index in [1.807, 2.05) is 0 Å². The minimum Gasteiger partial charge on any atom is -0.462 e. The van der Waals surface area contributed by atoms with Crippen LogP contribution in [0.15, 0.2) is 36.5 Å². The number of carbonyl (C=O) groups excluding carboxylic acids is 3. The van der Waals surface area contributed by atoms with Crippen LogP contribution in [-0.2, 0) is 28.6 Å². The Morgan fingerprint density at radius 3 is 0.778 bits per heavy atom. The van der Waals surface area contributed by atoms with Crippen LogP contribution in [0.1, 0.15) is 348 Å². The summed E-state index contributed by atoms with van der Waals surface area (Å²) in [4.78, 5) is 38.1. The molecule has 0 N–H and O–H groups in total. The van der Waals surface area contributed by atoms with Crippen LogP contribution in [-0.4, -0.2) is 37.2 Å². The molecule has 0 aromatic carbocycles. The van der Waals surface area contributed by atoms with Crippen molar-refractivity contribution in [3.63, 3.8) is 0 Å². The van der Waals surface area contributed by atoms with Crippen LogP contribution >= 0.6 is 0 Å². The molecular formula is C66H122O6. The van der Waals surface area contributed by atoms with E-state index >= 15 is 0 Å². The number of hydrogen-bond acceptors (Lipinski definition) is 6. The Morgan fingerprint density at radius 1 is 0.278 bits per heavy atom. The van der Waals surface area contributed by atoms with Gasteiger partial charge in [-0.3, -0.25) is 14.4 Å². The lowest BCUT2D eigenvalue weighted by Crippen LogP contribution is -2.30. The molecule has 0 fully saturated rings. The number of hydrogen-bond donors (Lipinski definition) is 0. The van der Waals surface area contributed by atoms with Gasteiger partial charge in [-0.1, -0.05) is 288 Å². The van der Waals surface area contributed by atoms with E-state index in [0.29, 0.717) is 19.3 Å². The molecule has 0 bridgehead atoms. The van der Waals surface area contributed by atoms with E-state index in [1.54, 1.807) is 0 Å². The quantitative estimate of drug-likeness (QED) is 0.0261. The van der Waals surface area contributed by atoms with Crippen molar-refractivity contribution in [2.75, 3.05) is 13.2 Å². The molecule has 0 spiro atoms. The molecule has 0 radical (unpaired) electrons. The van der Waals surface area contributed by atoms with Gasteiger partial charge in [-0.05, 0) is 77.0 Å². The summed E-state index contributed by atoms with van der Waals surface area (Å²) in [5.41, 5.74) is 0. The van der Waals surface area contributed by atoms with E-state index in [4.69, 9.17) is 14.2 Å². The number of esters is 3. The fraction of sp³-hybridized carbons (Fsp3) is 0.864. The normalized spacial score (nSPS) is 12.2. The number of allylic oxidation sites excluding steroid dienone is 6. The van der Waals surface area contributed by atoms with Gasteiger partial charge in [0.15, 0.2) is 6.10 Å². The maximum Gasteiger partial charge on any atom is 0.306 e. The van der Waals surface area contributed by atoms with Crippen LogP contribution in [0.5, 0.6) is 0 Å². The maximum atomic E-state index is 12.8. The van der Waals surface area contributed by atoms with E-state index in [-0.39, 0.29) is 31.1 Å². The molecule has 0 aliphatic heterocycles. The molecule has 0 saturated carbocycles. The summed E-state index contributed by atoms with van der Waals surface area (Å²) < 4.78 is 16.9. The molecule has 1 unspecified atom stereocenters. The fourth-order valence-corrected chi connectivity index (χ4v) is 9.53. The van der Waals surface area contributed by atoms with E-state index in [2.05, 4.69) is 57.2 Å². The molecule has 6 nitrogen and oxygen atoms in total. The smallest absolute Gasteiger partial charge is 0.306 e. The lowest BCUT2D eigenvalue weighted by Gasteiger charge is -2.18. The van der Waals surface area contributed by atoms with Crippen molar-refractivity contribution < 1.29 is 28.6 Å². The first-order chi connectivity index (χ1) is 35.5. The topological polar surface area (TPSA) is 78.9 Å². The van der Waals surface area contributed by atoms with Gasteiger partial charge in [-0.2, -0.15) is 0 Å². The fourth-order valence-electron chi connectivity index (χ4n) is 9.53. The average molecular weight is 1010 g/mol. The third-order valence-electron chi connectivity index (χ3n) is 14.4. The first-order valence-electron chi connectivity index (χ1n) is 32.0. The van der Waals surface area contributed by atoms with E-state index in [0.717, 1.165) is 70.6 Å². The minimum atomic E-state index is -0.772. The summed E-state index contributed by atoms with van der Waals surface area (Å²) in [6.07, 6.45) is 74.5. The summed E-state index contributed by atoms with van der Waals surface area (Å²) in [5.74, 6) is -0.860. The SMILES string of the molecule is CCCCCCC/C=C\C/C=C\CCCCCCCCCCCCCCCCCCCC(=O)OCC(COC(=O)CCCCCCCCCCCC)OC(=O)CCCCCCC/C=C\CCCCCCCC. The molecule has 0 aromatic rings. The molecule has 0 aliphatic rings. The molecule has 0 rings (SSSR count). The largest absolute Gasteiger partial charge is 0.462 e. The highest BCUT2D eigenvalue weighted by molar-refractivity contribution is 5.71. The van der Waals surface area contributed by atoms with Crippen molar-refractivity contribution in [2.24, 2.45) is 0 Å². The molecule has 0 aromatic heterocycles. The van der Waals surface area contributed by atoms with Crippen molar-refractivity contribution >= 4 is 17.9 Å². The Hall–Kier alpha value is -2.37. The third kappa shape index (κ3) is 58.5. The van der Waals surface area contributed by atoms with E-state index in [1.165, 1.54) is 238 Å². The highest BCUT2D eigenvalue weighted by Gasteiger charge is 2.19. The molecule has 0 amide bonds. The summed E-state index contributed by atoms with van der Waals surface area (Å²) in [7, 11) is 0. The van der Waals surface area contributed by atoms with Gasteiger partial charge in [-0.15, -0.1) is 0 Å². The van der Waals surface area contributed by atoms with Gasteiger partial charge in [0.1, 0.15) is 13.2 Å². The molecule has 422 valence electrons. The zero-order valence-electron chi connectivity index (χ0n) is 48.5. The van der Waals surface area contributed by atoms with E-state index in [9.17, 15) is 14.4 Å². The van der Waals surface area contributed by atoms with Gasteiger partial charge in [0.25, 0.3) is 0 Å². The van der Waals surface area contributed by atoms with Crippen LogP contribution in [0.3, 0.4) is 0 Å². The second kappa shape index (κ2) is 61.2. The molecular weight excluding hydrogens is 889 g/mol. The van der Waals surface area contributed by atoms with E-state index < -0.39 is 6.10 Å². The van der Waals surface area contributed by atoms with Crippen LogP contribution in [0.25, 0.3) is 0 Å². The van der Waals surface area contributed by atoms with Gasteiger partial charge < -0.3 is 14.2 Å². The Labute approximate surface area is 448 Å². The van der Waals surface area contributed by atoms with Gasteiger partial charge in [0.05, 0.1) is 0 Å². The van der Waals surface area contributed by atoms with Crippen LogP contribution in [0.4, 0.5) is 0 Å². The summed E-state index contributed by atoms with van der Waals surface area (Å²) in [6.45, 7) is 6.65. The predicted octanol–water partition coefficient (Wildman–Crippen LogP) is 21.6. The summed E-state index contributed by atoms with van der Waals surface area (Å²) in [5, 5.41) is 0. The van der Waals surface area contributed by atoms with Gasteiger partial charge >= 0.3 is 17.9 Å². The van der Waals surface area contributed by atoms with Crippen molar-refractivity contribution in [1.82, 2.24) is 0 Å². The van der Waals surface area contributed by atoms with Gasteiger partial charge in [0.2, 0.25) is 0 Å². The van der Waals surface area contributed by atoms with Crippen molar-refractivity contribution in [1.29, 1.82) is 0 Å². The summed E-state index contributed by atoms with van der Waals surface area (Å²) in [6, 6.07) is 0. The van der Waals surface area contributed by atoms with Gasteiger partial charge in [-0.25, -0.2) is 0 Å². The molecule has 72 heavy (non-hydrogen) atoms. The third-order valence-corrected chi connectivity index (χ3v) is 14.4. The Bertz CT molecular complexity index is 1210. The molecule has 0 heterocycles. The maximum absolute atomic E-state index is 12.8. The lowest BCUT2D eigenvalue weighted by molar-refractivity contribution is -0.167. The highest BCUT2D eigenvalue weighted by atomic mass is 16.6. The Kier molecular flexibility index (Phi) is 59.2. The average Bonchev–Trinajstić information content (AvgIpc) is 3.38. The summed E-state index contributed by atoms with van der Waals surface area (Å²) >= 11 is 0. The second-order valence-electron chi connectivity index (χ2n) is 21.7. The molecule has 1 atom stereocenters. The molecule has 6 heteroatoms. The Balaban J connectivity index is 4.11. The highest BCUT2D eigenvalue weighted by Crippen LogP contribution is 2.17. The minimum absolute atomic E-state index is 0.0706. The van der Waals surface area contributed by atoms with Crippen LogP contribution in [0.2, 0.25) is 0 Å². The first-order valence-corrected chi connectivity index (χ1v) is 32.0. The Morgan fingerprint density at radius 2 is 0.500 bits per heavy atom. The predicted molar refractivity (Wildman–Crippen MR) is 312 cm³/mol. The zero-order chi connectivity index (χ0) is 52.2. The van der Waals surface area contributed by atoms with Crippen molar-refractivity contribution in [3.05, 3.63) is 36.5 Å². The second-order valence-corrected chi connectivity index (χ2v) is 21.7.